The van der Waals surface area contributed by atoms with Gasteiger partial charge in [0.05, 0.1) is 11.6 Å². The average Bonchev–Trinajstić information content (AvgIpc) is 3.11. The highest BCUT2D eigenvalue weighted by molar-refractivity contribution is 5.94. The lowest BCUT2D eigenvalue weighted by Crippen LogP contribution is -2.38. The number of carbonyl (C=O) groups excluding carboxylic acids is 1. The lowest BCUT2D eigenvalue weighted by Gasteiger charge is -2.26. The molecule has 148 valence electrons. The van der Waals surface area contributed by atoms with E-state index >= 15 is 0 Å². The van der Waals surface area contributed by atoms with Gasteiger partial charge in [0.1, 0.15) is 5.82 Å². The second-order valence-electron chi connectivity index (χ2n) is 7.94. The van der Waals surface area contributed by atoms with Gasteiger partial charge in [-0.2, -0.15) is 0 Å². The van der Waals surface area contributed by atoms with Gasteiger partial charge < -0.3 is 20.3 Å². The van der Waals surface area contributed by atoms with Crippen molar-refractivity contribution in [3.05, 3.63) is 41.2 Å². The maximum Gasteiger partial charge on any atom is 0.306 e. The summed E-state index contributed by atoms with van der Waals surface area (Å²) in [5.74, 6) is -0.261. The molecule has 1 aromatic carbocycles. The SMILES string of the molecule is CN1CCc2[nH]c(-c3ccc(C(=O)N[C@H]4CC[C@H](C(=O)O)CC4)cc3)nc2C1. The topological polar surface area (TPSA) is 98.3 Å². The predicted octanol–water partition coefficient (Wildman–Crippen LogP) is 2.44. The van der Waals surface area contributed by atoms with E-state index in [4.69, 9.17) is 10.1 Å². The van der Waals surface area contributed by atoms with E-state index in [-0.39, 0.29) is 17.9 Å². The van der Waals surface area contributed by atoms with E-state index in [1.54, 1.807) is 0 Å². The summed E-state index contributed by atoms with van der Waals surface area (Å²) in [5, 5.41) is 12.1. The Morgan fingerprint density at radius 2 is 1.89 bits per heavy atom. The fourth-order valence-electron chi connectivity index (χ4n) is 4.09. The van der Waals surface area contributed by atoms with Gasteiger partial charge in [-0.25, -0.2) is 4.98 Å². The number of carboxylic acid groups (broad SMARTS) is 1. The molecule has 2 aliphatic rings. The van der Waals surface area contributed by atoms with Crippen molar-refractivity contribution in [2.24, 2.45) is 5.92 Å². The van der Waals surface area contributed by atoms with Crippen LogP contribution in [-0.4, -0.2) is 51.5 Å². The third kappa shape index (κ3) is 3.94. The number of hydrogen-bond acceptors (Lipinski definition) is 4. The average molecular weight is 382 g/mol. The van der Waals surface area contributed by atoms with E-state index < -0.39 is 5.97 Å². The highest BCUT2D eigenvalue weighted by atomic mass is 16.4. The van der Waals surface area contributed by atoms with Gasteiger partial charge in [0.15, 0.2) is 0 Å². The number of amides is 1. The van der Waals surface area contributed by atoms with Crippen molar-refractivity contribution in [3.8, 4) is 11.4 Å². The van der Waals surface area contributed by atoms with Gasteiger partial charge in [0.2, 0.25) is 0 Å². The summed E-state index contributed by atoms with van der Waals surface area (Å²) in [6.07, 6.45) is 3.65. The van der Waals surface area contributed by atoms with Crippen LogP contribution in [0.1, 0.15) is 47.4 Å². The number of aromatic nitrogens is 2. The summed E-state index contributed by atoms with van der Waals surface area (Å²) in [6.45, 7) is 1.89. The van der Waals surface area contributed by atoms with Gasteiger partial charge >= 0.3 is 5.97 Å². The van der Waals surface area contributed by atoms with Crippen LogP contribution in [0.3, 0.4) is 0 Å². The quantitative estimate of drug-likeness (QED) is 0.754. The Morgan fingerprint density at radius 1 is 1.18 bits per heavy atom. The van der Waals surface area contributed by atoms with Crippen LogP contribution < -0.4 is 5.32 Å². The molecular weight excluding hydrogens is 356 g/mol. The van der Waals surface area contributed by atoms with Gasteiger partial charge in [-0.3, -0.25) is 9.59 Å². The molecular formula is C21H26N4O3. The number of nitrogens with one attached hydrogen (secondary N) is 2. The fraction of sp³-hybridized carbons (Fsp3) is 0.476. The first-order valence-electron chi connectivity index (χ1n) is 9.90. The highest BCUT2D eigenvalue weighted by Crippen LogP contribution is 2.25. The van der Waals surface area contributed by atoms with Gasteiger partial charge in [-0.15, -0.1) is 0 Å². The van der Waals surface area contributed by atoms with Crippen molar-refractivity contribution in [3.63, 3.8) is 0 Å². The van der Waals surface area contributed by atoms with E-state index in [2.05, 4.69) is 22.2 Å². The highest BCUT2D eigenvalue weighted by Gasteiger charge is 2.27. The summed E-state index contributed by atoms with van der Waals surface area (Å²) in [7, 11) is 2.10. The Morgan fingerprint density at radius 3 is 2.57 bits per heavy atom. The maximum absolute atomic E-state index is 12.5. The Bertz CT molecular complexity index is 866. The molecule has 1 aliphatic heterocycles. The number of imidazole rings is 1. The zero-order chi connectivity index (χ0) is 19.7. The number of benzene rings is 1. The number of rotatable bonds is 4. The number of nitrogens with zero attached hydrogens (tertiary/aromatic N) is 2. The normalized spacial score (nSPS) is 22.5. The summed E-state index contributed by atoms with van der Waals surface area (Å²) in [4.78, 5) is 33.9. The lowest BCUT2D eigenvalue weighted by molar-refractivity contribution is -0.142. The third-order valence-electron chi connectivity index (χ3n) is 5.86. The molecule has 3 N–H and O–H groups in total. The molecule has 1 aromatic heterocycles. The minimum Gasteiger partial charge on any atom is -0.481 e. The van der Waals surface area contributed by atoms with E-state index in [9.17, 15) is 9.59 Å². The predicted molar refractivity (Wildman–Crippen MR) is 105 cm³/mol. The molecule has 2 aromatic rings. The molecule has 1 aliphatic carbocycles. The number of fused-ring (bicyclic) bond motifs is 1. The van der Waals surface area contributed by atoms with Gasteiger partial charge in [0, 0.05) is 42.4 Å². The van der Waals surface area contributed by atoms with Crippen LogP contribution in [0.15, 0.2) is 24.3 Å². The number of carboxylic acids is 1. The largest absolute Gasteiger partial charge is 0.481 e. The summed E-state index contributed by atoms with van der Waals surface area (Å²) >= 11 is 0. The zero-order valence-electron chi connectivity index (χ0n) is 16.1. The standard InChI is InChI=1S/C21H26N4O3/c1-25-11-10-17-18(12-25)24-19(23-17)13-2-4-14(5-3-13)20(26)22-16-8-6-15(7-9-16)21(27)28/h2-5,15-16H,6-12H2,1H3,(H,22,26)(H,23,24)(H,27,28)/t15-,16-. The van der Waals surface area contributed by atoms with E-state index in [0.29, 0.717) is 31.2 Å². The van der Waals surface area contributed by atoms with E-state index in [1.165, 1.54) is 5.69 Å². The van der Waals surface area contributed by atoms with Crippen LogP contribution in [0.4, 0.5) is 0 Å². The van der Waals surface area contributed by atoms with Gasteiger partial charge in [0.25, 0.3) is 5.91 Å². The number of aliphatic carboxylic acids is 1. The van der Waals surface area contributed by atoms with Crippen LogP contribution >= 0.6 is 0 Å². The molecule has 0 unspecified atom stereocenters. The fourth-order valence-corrected chi connectivity index (χ4v) is 4.09. The second kappa shape index (κ2) is 7.75. The van der Waals surface area contributed by atoms with Gasteiger partial charge in [-0.05, 0) is 44.9 Å². The Hall–Kier alpha value is -2.67. The lowest BCUT2D eigenvalue weighted by atomic mass is 9.86. The smallest absolute Gasteiger partial charge is 0.306 e. The van der Waals surface area contributed by atoms with Crippen LogP contribution in [0, 0.1) is 5.92 Å². The molecule has 0 bridgehead atoms. The maximum atomic E-state index is 12.5. The van der Waals surface area contributed by atoms with Crippen LogP contribution in [0.25, 0.3) is 11.4 Å². The van der Waals surface area contributed by atoms with E-state index in [0.717, 1.165) is 36.6 Å². The summed E-state index contributed by atoms with van der Waals surface area (Å²) < 4.78 is 0. The summed E-state index contributed by atoms with van der Waals surface area (Å²) in [5.41, 5.74) is 3.88. The van der Waals surface area contributed by atoms with Crippen molar-refractivity contribution in [1.29, 1.82) is 0 Å². The Kier molecular flexibility index (Phi) is 5.17. The first-order chi connectivity index (χ1) is 13.5. The van der Waals surface area contributed by atoms with Crippen molar-refractivity contribution in [2.45, 2.75) is 44.7 Å². The zero-order valence-corrected chi connectivity index (χ0v) is 16.1. The first-order valence-corrected chi connectivity index (χ1v) is 9.90. The monoisotopic (exact) mass is 382 g/mol. The van der Waals surface area contributed by atoms with Crippen molar-refractivity contribution < 1.29 is 14.7 Å². The van der Waals surface area contributed by atoms with Crippen LogP contribution in [0.5, 0.6) is 0 Å². The molecule has 1 fully saturated rings. The van der Waals surface area contributed by atoms with Crippen LogP contribution in [-0.2, 0) is 17.8 Å². The molecule has 28 heavy (non-hydrogen) atoms. The molecule has 4 rings (SSSR count). The van der Waals surface area contributed by atoms with Crippen molar-refractivity contribution in [1.82, 2.24) is 20.2 Å². The molecule has 0 radical (unpaired) electrons. The Labute approximate surface area is 164 Å². The number of H-pyrrole nitrogens is 1. The molecule has 0 atom stereocenters. The molecule has 1 amide bonds. The van der Waals surface area contributed by atoms with Crippen molar-refractivity contribution in [2.75, 3.05) is 13.6 Å². The molecule has 1 saturated carbocycles. The number of carbonyl (C=O) groups is 2. The molecule has 0 saturated heterocycles. The van der Waals surface area contributed by atoms with Crippen molar-refractivity contribution >= 4 is 11.9 Å². The minimum absolute atomic E-state index is 0.0524. The van der Waals surface area contributed by atoms with Gasteiger partial charge in [-0.1, -0.05) is 12.1 Å². The molecule has 0 spiro atoms. The first kappa shape index (κ1) is 18.7. The number of aromatic amines is 1. The second-order valence-corrected chi connectivity index (χ2v) is 7.94. The summed E-state index contributed by atoms with van der Waals surface area (Å²) in [6, 6.07) is 7.54. The number of likely N-dealkylation sites (N-methyl/N-ethyl adjacent to an activating group) is 1. The molecule has 7 nitrogen and oxygen atoms in total. The van der Waals surface area contributed by atoms with E-state index in [1.807, 2.05) is 24.3 Å². The molecule has 7 heteroatoms. The third-order valence-corrected chi connectivity index (χ3v) is 5.86. The Balaban J connectivity index is 1.38. The minimum atomic E-state index is -0.730. The number of hydrogen-bond donors (Lipinski definition) is 3. The molecule has 2 heterocycles. The van der Waals surface area contributed by atoms with Crippen LogP contribution in [0.2, 0.25) is 0 Å².